The predicted molar refractivity (Wildman–Crippen MR) is 53.2 cm³/mol. The molecular formula is C10H23NO. The fourth-order valence-corrected chi connectivity index (χ4v) is 1.11. The van der Waals surface area contributed by atoms with E-state index >= 15 is 0 Å². The van der Waals surface area contributed by atoms with Crippen LogP contribution < -0.4 is 5.32 Å². The molecule has 1 atom stereocenters. The van der Waals surface area contributed by atoms with E-state index < -0.39 is 0 Å². The molecule has 0 aromatic rings. The summed E-state index contributed by atoms with van der Waals surface area (Å²) < 4.78 is 0. The van der Waals surface area contributed by atoms with Crippen molar-refractivity contribution in [1.82, 2.24) is 5.32 Å². The van der Waals surface area contributed by atoms with Crippen molar-refractivity contribution in [2.45, 2.75) is 46.1 Å². The van der Waals surface area contributed by atoms with Crippen molar-refractivity contribution in [2.75, 3.05) is 13.1 Å². The standard InChI is InChI=1S/C10H23NO/c1-9(2)6-4-5-7-11-8-10(3)12/h9-12H,4-8H2,1-3H3/t10-/m0/s1. The number of hydrogen-bond donors (Lipinski definition) is 2. The van der Waals surface area contributed by atoms with Crippen molar-refractivity contribution in [2.24, 2.45) is 5.92 Å². The van der Waals surface area contributed by atoms with E-state index in [2.05, 4.69) is 19.2 Å². The highest BCUT2D eigenvalue weighted by molar-refractivity contribution is 4.53. The lowest BCUT2D eigenvalue weighted by Gasteiger charge is -2.07. The Balaban J connectivity index is 2.91. The Labute approximate surface area is 76.4 Å². The minimum atomic E-state index is -0.213. The molecule has 0 aliphatic heterocycles. The topological polar surface area (TPSA) is 32.3 Å². The van der Waals surface area contributed by atoms with Gasteiger partial charge in [0.2, 0.25) is 0 Å². The molecule has 0 aromatic carbocycles. The Morgan fingerprint density at radius 1 is 1.17 bits per heavy atom. The molecule has 0 saturated carbocycles. The Morgan fingerprint density at radius 2 is 1.83 bits per heavy atom. The minimum absolute atomic E-state index is 0.213. The number of rotatable bonds is 7. The molecule has 0 aromatic heterocycles. The first kappa shape index (κ1) is 11.9. The van der Waals surface area contributed by atoms with Crippen molar-refractivity contribution in [1.29, 1.82) is 0 Å². The molecule has 2 nitrogen and oxygen atoms in total. The fraction of sp³-hybridized carbons (Fsp3) is 1.00. The van der Waals surface area contributed by atoms with Gasteiger partial charge in [0.25, 0.3) is 0 Å². The van der Waals surface area contributed by atoms with Crippen LogP contribution in [0, 0.1) is 5.92 Å². The summed E-state index contributed by atoms with van der Waals surface area (Å²) in [6.45, 7) is 8.08. The summed E-state index contributed by atoms with van der Waals surface area (Å²) in [5, 5.41) is 12.1. The van der Waals surface area contributed by atoms with E-state index in [0.29, 0.717) is 0 Å². The van der Waals surface area contributed by atoms with Gasteiger partial charge >= 0.3 is 0 Å². The van der Waals surface area contributed by atoms with Crippen LogP contribution in [0.15, 0.2) is 0 Å². The van der Waals surface area contributed by atoms with Crippen molar-refractivity contribution in [3.05, 3.63) is 0 Å². The van der Waals surface area contributed by atoms with Gasteiger partial charge in [-0.3, -0.25) is 0 Å². The lowest BCUT2D eigenvalue weighted by atomic mass is 10.1. The maximum absolute atomic E-state index is 8.93. The number of hydrogen-bond acceptors (Lipinski definition) is 2. The molecule has 0 aliphatic rings. The molecule has 0 spiro atoms. The van der Waals surface area contributed by atoms with Gasteiger partial charge in [0.1, 0.15) is 0 Å². The van der Waals surface area contributed by atoms with Crippen LogP contribution in [0.2, 0.25) is 0 Å². The van der Waals surface area contributed by atoms with Gasteiger partial charge in [0, 0.05) is 6.54 Å². The van der Waals surface area contributed by atoms with Crippen molar-refractivity contribution in [3.8, 4) is 0 Å². The number of aliphatic hydroxyl groups is 1. The minimum Gasteiger partial charge on any atom is -0.392 e. The third-order valence-corrected chi connectivity index (χ3v) is 1.82. The van der Waals surface area contributed by atoms with E-state index in [1.165, 1.54) is 19.3 Å². The second-order valence-corrected chi connectivity index (χ2v) is 3.94. The van der Waals surface area contributed by atoms with Crippen LogP contribution in [-0.2, 0) is 0 Å². The molecule has 0 radical (unpaired) electrons. The van der Waals surface area contributed by atoms with Gasteiger partial charge in [-0.15, -0.1) is 0 Å². The molecule has 0 saturated heterocycles. The predicted octanol–water partition coefficient (Wildman–Crippen LogP) is 1.78. The molecule has 2 N–H and O–H groups in total. The molecule has 0 unspecified atom stereocenters. The Kier molecular flexibility index (Phi) is 7.51. The Morgan fingerprint density at radius 3 is 2.33 bits per heavy atom. The first-order chi connectivity index (χ1) is 5.63. The van der Waals surface area contributed by atoms with Crippen molar-refractivity contribution < 1.29 is 5.11 Å². The zero-order valence-electron chi connectivity index (χ0n) is 8.64. The quantitative estimate of drug-likeness (QED) is 0.575. The summed E-state index contributed by atoms with van der Waals surface area (Å²) in [5.74, 6) is 0.821. The van der Waals surface area contributed by atoms with Crippen LogP contribution in [0.3, 0.4) is 0 Å². The largest absolute Gasteiger partial charge is 0.392 e. The fourth-order valence-electron chi connectivity index (χ4n) is 1.11. The van der Waals surface area contributed by atoms with E-state index in [1.54, 1.807) is 6.92 Å². The molecule has 12 heavy (non-hydrogen) atoms. The lowest BCUT2D eigenvalue weighted by Crippen LogP contribution is -2.25. The highest BCUT2D eigenvalue weighted by Gasteiger charge is 1.95. The van der Waals surface area contributed by atoms with Crippen LogP contribution in [-0.4, -0.2) is 24.3 Å². The summed E-state index contributed by atoms with van der Waals surface area (Å²) in [5.41, 5.74) is 0. The summed E-state index contributed by atoms with van der Waals surface area (Å²) >= 11 is 0. The zero-order chi connectivity index (χ0) is 9.40. The molecule has 0 bridgehead atoms. The van der Waals surface area contributed by atoms with Gasteiger partial charge in [0.05, 0.1) is 6.10 Å². The van der Waals surface area contributed by atoms with Crippen LogP contribution in [0.4, 0.5) is 0 Å². The average Bonchev–Trinajstić information content (AvgIpc) is 1.95. The van der Waals surface area contributed by atoms with Gasteiger partial charge < -0.3 is 10.4 Å². The first-order valence-electron chi connectivity index (χ1n) is 5.01. The van der Waals surface area contributed by atoms with Crippen LogP contribution in [0.1, 0.15) is 40.0 Å². The molecule has 2 heteroatoms. The molecule has 74 valence electrons. The number of nitrogens with one attached hydrogen (secondary N) is 1. The average molecular weight is 173 g/mol. The van der Waals surface area contributed by atoms with E-state index in [4.69, 9.17) is 5.11 Å². The van der Waals surface area contributed by atoms with E-state index in [9.17, 15) is 0 Å². The van der Waals surface area contributed by atoms with E-state index in [-0.39, 0.29) is 6.10 Å². The Bertz CT molecular complexity index is 79.8. The monoisotopic (exact) mass is 173 g/mol. The SMILES string of the molecule is CC(C)CCCCNC[C@H](C)O. The molecule has 0 aliphatic carbocycles. The molecule has 0 heterocycles. The van der Waals surface area contributed by atoms with Gasteiger partial charge in [0.15, 0.2) is 0 Å². The van der Waals surface area contributed by atoms with Gasteiger partial charge in [-0.1, -0.05) is 26.7 Å². The first-order valence-corrected chi connectivity index (χ1v) is 5.01. The van der Waals surface area contributed by atoms with Gasteiger partial charge in [-0.2, -0.15) is 0 Å². The van der Waals surface area contributed by atoms with Crippen LogP contribution in [0.25, 0.3) is 0 Å². The smallest absolute Gasteiger partial charge is 0.0636 e. The van der Waals surface area contributed by atoms with Gasteiger partial charge in [-0.25, -0.2) is 0 Å². The number of unbranched alkanes of at least 4 members (excludes halogenated alkanes) is 1. The third-order valence-electron chi connectivity index (χ3n) is 1.82. The second kappa shape index (κ2) is 7.56. The third kappa shape index (κ3) is 9.92. The summed E-state index contributed by atoms with van der Waals surface area (Å²) in [4.78, 5) is 0. The van der Waals surface area contributed by atoms with Crippen LogP contribution in [0.5, 0.6) is 0 Å². The maximum atomic E-state index is 8.93. The number of aliphatic hydroxyl groups excluding tert-OH is 1. The van der Waals surface area contributed by atoms with E-state index in [0.717, 1.165) is 19.0 Å². The van der Waals surface area contributed by atoms with E-state index in [1.807, 2.05) is 0 Å². The van der Waals surface area contributed by atoms with Crippen molar-refractivity contribution >= 4 is 0 Å². The van der Waals surface area contributed by atoms with Gasteiger partial charge in [-0.05, 0) is 25.8 Å². The molecule has 0 fully saturated rings. The molecule has 0 rings (SSSR count). The molecule has 0 amide bonds. The zero-order valence-corrected chi connectivity index (χ0v) is 8.64. The van der Waals surface area contributed by atoms with Crippen LogP contribution >= 0.6 is 0 Å². The lowest BCUT2D eigenvalue weighted by molar-refractivity contribution is 0.191. The summed E-state index contributed by atoms with van der Waals surface area (Å²) in [6.07, 6.45) is 3.63. The normalized spacial score (nSPS) is 13.8. The highest BCUT2D eigenvalue weighted by atomic mass is 16.3. The second-order valence-electron chi connectivity index (χ2n) is 3.94. The Hall–Kier alpha value is -0.0800. The maximum Gasteiger partial charge on any atom is 0.0636 e. The summed E-state index contributed by atoms with van der Waals surface area (Å²) in [6, 6.07) is 0. The summed E-state index contributed by atoms with van der Waals surface area (Å²) in [7, 11) is 0. The van der Waals surface area contributed by atoms with Crippen molar-refractivity contribution in [3.63, 3.8) is 0 Å². The highest BCUT2D eigenvalue weighted by Crippen LogP contribution is 2.04. The molecular weight excluding hydrogens is 150 g/mol.